The Morgan fingerprint density at radius 3 is 2.68 bits per heavy atom. The van der Waals surface area contributed by atoms with E-state index in [2.05, 4.69) is 15.3 Å². The lowest BCUT2D eigenvalue weighted by Gasteiger charge is -2.15. The van der Waals surface area contributed by atoms with Crippen LogP contribution >= 0.6 is 0 Å². The fraction of sp³-hybridized carbons (Fsp3) is 0.381. The Labute approximate surface area is 161 Å². The molecule has 1 heterocycles. The predicted octanol–water partition coefficient (Wildman–Crippen LogP) is 4.03. The molecule has 1 aliphatic carbocycles. The van der Waals surface area contributed by atoms with Gasteiger partial charge in [0.05, 0.1) is 0 Å². The van der Waals surface area contributed by atoms with Crippen LogP contribution in [0, 0.1) is 5.82 Å². The summed E-state index contributed by atoms with van der Waals surface area (Å²) in [5.41, 5.74) is 2.61. The minimum Gasteiger partial charge on any atom is -0.311 e. The van der Waals surface area contributed by atoms with Gasteiger partial charge in [0.2, 0.25) is 5.91 Å². The quantitative estimate of drug-likeness (QED) is 0.574. The smallest absolute Gasteiger partial charge is 0.257 e. The van der Waals surface area contributed by atoms with E-state index in [0.29, 0.717) is 24.0 Å². The van der Waals surface area contributed by atoms with E-state index >= 15 is 0 Å². The van der Waals surface area contributed by atoms with Crippen LogP contribution in [-0.2, 0) is 17.6 Å². The number of carbonyl (C=O) groups is 1. The van der Waals surface area contributed by atoms with Crippen LogP contribution in [0.25, 0.3) is 0 Å². The number of benzene rings is 1. The van der Waals surface area contributed by atoms with Gasteiger partial charge in [0.15, 0.2) is 0 Å². The van der Waals surface area contributed by atoms with E-state index in [-0.39, 0.29) is 11.8 Å². The monoisotopic (exact) mass is 389 g/mol. The van der Waals surface area contributed by atoms with Crippen molar-refractivity contribution in [3.05, 3.63) is 64.7 Å². The maximum atomic E-state index is 14.7. The molecule has 0 atom stereocenters. The number of hydrogen-bond acceptors (Lipinski definition) is 3. The molecule has 3 rings (SSSR count). The molecule has 4 nitrogen and oxygen atoms in total. The summed E-state index contributed by atoms with van der Waals surface area (Å²) in [6.07, 6.45) is 2.05. The summed E-state index contributed by atoms with van der Waals surface area (Å²) in [5, 5.41) is 2.48. The molecular formula is C21H22F3N3O. The summed E-state index contributed by atoms with van der Waals surface area (Å²) in [6, 6.07) is 8.69. The first-order valence-corrected chi connectivity index (χ1v) is 9.27. The molecule has 0 aliphatic heterocycles. The number of nitrogens with one attached hydrogen (secondary N) is 1. The molecule has 1 N–H and O–H groups in total. The van der Waals surface area contributed by atoms with Crippen molar-refractivity contribution < 1.29 is 18.0 Å². The summed E-state index contributed by atoms with van der Waals surface area (Å²) in [5.74, 6) is -0.667. The molecule has 1 aromatic heterocycles. The summed E-state index contributed by atoms with van der Waals surface area (Å²) < 4.78 is 40.0. The van der Waals surface area contributed by atoms with Crippen LogP contribution in [0.2, 0.25) is 0 Å². The van der Waals surface area contributed by atoms with Crippen LogP contribution in [0.4, 0.5) is 13.2 Å². The van der Waals surface area contributed by atoms with E-state index in [1.165, 1.54) is 13.0 Å². The maximum absolute atomic E-state index is 14.7. The van der Waals surface area contributed by atoms with Gasteiger partial charge in [-0.2, -0.15) is 0 Å². The third-order valence-corrected chi connectivity index (χ3v) is 4.55. The average molecular weight is 389 g/mol. The van der Waals surface area contributed by atoms with Crippen LogP contribution in [0.15, 0.2) is 41.5 Å². The second-order valence-corrected chi connectivity index (χ2v) is 6.89. The number of amides is 1. The Bertz CT molecular complexity index is 865. The first-order valence-electron chi connectivity index (χ1n) is 9.27. The van der Waals surface area contributed by atoms with Gasteiger partial charge in [-0.1, -0.05) is 12.1 Å². The van der Waals surface area contributed by atoms with Crippen LogP contribution in [0.3, 0.4) is 0 Å². The molecule has 1 saturated carbocycles. The molecule has 148 valence electrons. The normalized spacial score (nSPS) is 14.4. The van der Waals surface area contributed by atoms with Gasteiger partial charge in [-0.05, 0) is 60.9 Å². The largest absolute Gasteiger partial charge is 0.311 e. The first kappa shape index (κ1) is 20.0. The average Bonchev–Trinajstić information content (AvgIpc) is 3.49. The standard InChI is InChI=1S/C21H22F3N3O/c1-13(28)27-21(26-12-20(23)24)18-11-19(22)17(14-5-6-14)10-15(18)7-8-16-4-2-3-9-25-16/h2-4,9-11,14,20H,5-8,12H2,1H3,(H,26,27,28). The SMILES string of the molecule is CC(=O)NC(=NCC(F)F)c1cc(F)c(C2CC2)cc1CCc1ccccn1. The molecule has 1 aromatic carbocycles. The van der Waals surface area contributed by atoms with Gasteiger partial charge in [0.1, 0.15) is 18.2 Å². The lowest BCUT2D eigenvalue weighted by Crippen LogP contribution is -2.31. The number of rotatable bonds is 7. The van der Waals surface area contributed by atoms with Crippen LogP contribution < -0.4 is 5.32 Å². The Balaban J connectivity index is 1.97. The second-order valence-electron chi connectivity index (χ2n) is 6.89. The zero-order valence-corrected chi connectivity index (χ0v) is 15.6. The number of pyridine rings is 1. The van der Waals surface area contributed by atoms with E-state index < -0.39 is 24.7 Å². The van der Waals surface area contributed by atoms with E-state index in [4.69, 9.17) is 0 Å². The van der Waals surface area contributed by atoms with Crippen molar-refractivity contribution in [2.75, 3.05) is 6.54 Å². The topological polar surface area (TPSA) is 54.4 Å². The Morgan fingerprint density at radius 2 is 2.07 bits per heavy atom. The molecule has 0 saturated heterocycles. The molecule has 2 aromatic rings. The second kappa shape index (κ2) is 8.99. The molecular weight excluding hydrogens is 367 g/mol. The van der Waals surface area contributed by atoms with E-state index in [9.17, 15) is 18.0 Å². The van der Waals surface area contributed by atoms with Crippen molar-refractivity contribution in [3.63, 3.8) is 0 Å². The van der Waals surface area contributed by atoms with Gasteiger partial charge >= 0.3 is 0 Å². The van der Waals surface area contributed by atoms with Crippen molar-refractivity contribution in [1.82, 2.24) is 10.3 Å². The molecule has 0 spiro atoms. The molecule has 1 amide bonds. The Kier molecular flexibility index (Phi) is 6.44. The number of alkyl halides is 2. The van der Waals surface area contributed by atoms with Gasteiger partial charge in [-0.25, -0.2) is 13.2 Å². The highest BCUT2D eigenvalue weighted by Gasteiger charge is 2.28. The number of hydrogen-bond donors (Lipinski definition) is 1. The lowest BCUT2D eigenvalue weighted by molar-refractivity contribution is -0.117. The van der Waals surface area contributed by atoms with Gasteiger partial charge in [-0.15, -0.1) is 0 Å². The molecule has 0 radical (unpaired) electrons. The Hall–Kier alpha value is -2.70. The predicted molar refractivity (Wildman–Crippen MR) is 101 cm³/mol. The molecule has 1 fully saturated rings. The highest BCUT2D eigenvalue weighted by Crippen LogP contribution is 2.42. The van der Waals surface area contributed by atoms with Crippen LogP contribution in [-0.4, -0.2) is 29.7 Å². The molecule has 28 heavy (non-hydrogen) atoms. The van der Waals surface area contributed by atoms with Crippen molar-refractivity contribution in [2.24, 2.45) is 4.99 Å². The van der Waals surface area contributed by atoms with Gasteiger partial charge in [-0.3, -0.25) is 14.8 Å². The van der Waals surface area contributed by atoms with Crippen LogP contribution in [0.5, 0.6) is 0 Å². The fourth-order valence-electron chi connectivity index (χ4n) is 3.10. The minimum absolute atomic E-state index is 0.0231. The number of aliphatic imine (C=N–C) groups is 1. The highest BCUT2D eigenvalue weighted by molar-refractivity contribution is 6.08. The summed E-state index contributed by atoms with van der Waals surface area (Å²) in [6.45, 7) is 0.502. The fourth-order valence-corrected chi connectivity index (χ4v) is 3.10. The van der Waals surface area contributed by atoms with Crippen LogP contribution in [0.1, 0.15) is 48.1 Å². The summed E-state index contributed by atoms with van der Waals surface area (Å²) >= 11 is 0. The van der Waals surface area contributed by atoms with Crippen molar-refractivity contribution in [1.29, 1.82) is 0 Å². The number of amidine groups is 1. The van der Waals surface area contributed by atoms with E-state index in [0.717, 1.165) is 24.1 Å². The minimum atomic E-state index is -2.66. The third kappa shape index (κ3) is 5.41. The summed E-state index contributed by atoms with van der Waals surface area (Å²) in [7, 11) is 0. The first-order chi connectivity index (χ1) is 13.4. The van der Waals surface area contributed by atoms with Gasteiger partial charge < -0.3 is 5.32 Å². The molecule has 0 unspecified atom stereocenters. The van der Waals surface area contributed by atoms with Crippen molar-refractivity contribution >= 4 is 11.7 Å². The number of aryl methyl sites for hydroxylation is 2. The molecule has 7 heteroatoms. The number of halogens is 3. The number of aromatic nitrogens is 1. The zero-order chi connectivity index (χ0) is 20.1. The Morgan fingerprint density at radius 1 is 1.29 bits per heavy atom. The number of nitrogens with zero attached hydrogens (tertiary/aromatic N) is 2. The van der Waals surface area contributed by atoms with Crippen molar-refractivity contribution in [3.8, 4) is 0 Å². The summed E-state index contributed by atoms with van der Waals surface area (Å²) in [4.78, 5) is 19.7. The van der Waals surface area contributed by atoms with E-state index in [1.807, 2.05) is 18.2 Å². The lowest BCUT2D eigenvalue weighted by atomic mass is 9.95. The highest BCUT2D eigenvalue weighted by atomic mass is 19.3. The molecule has 1 aliphatic rings. The van der Waals surface area contributed by atoms with Crippen molar-refractivity contribution in [2.45, 2.75) is 45.0 Å². The van der Waals surface area contributed by atoms with E-state index in [1.54, 1.807) is 12.3 Å². The molecule has 0 bridgehead atoms. The maximum Gasteiger partial charge on any atom is 0.257 e. The zero-order valence-electron chi connectivity index (χ0n) is 15.6. The third-order valence-electron chi connectivity index (χ3n) is 4.55. The van der Waals surface area contributed by atoms with Gasteiger partial charge in [0.25, 0.3) is 6.43 Å². The van der Waals surface area contributed by atoms with Gasteiger partial charge in [0, 0.05) is 24.4 Å². The number of carbonyl (C=O) groups excluding carboxylic acids is 1.